The van der Waals surface area contributed by atoms with Gasteiger partial charge in [0, 0.05) is 31.4 Å². The van der Waals surface area contributed by atoms with Gasteiger partial charge in [0.25, 0.3) is 5.91 Å². The topological polar surface area (TPSA) is 56.6 Å². The van der Waals surface area contributed by atoms with Crippen LogP contribution in [0.2, 0.25) is 0 Å². The van der Waals surface area contributed by atoms with Crippen LogP contribution < -0.4 is 9.47 Å². The van der Waals surface area contributed by atoms with Crippen molar-refractivity contribution in [3.63, 3.8) is 0 Å². The van der Waals surface area contributed by atoms with E-state index in [2.05, 4.69) is 0 Å². The minimum atomic E-state index is -0.314. The number of ether oxygens (including phenoxy) is 2. The predicted molar refractivity (Wildman–Crippen MR) is 124 cm³/mol. The summed E-state index contributed by atoms with van der Waals surface area (Å²) in [6.07, 6.45) is 1.72. The molecule has 0 saturated carbocycles. The molecule has 4 rings (SSSR count). The van der Waals surface area contributed by atoms with Crippen LogP contribution in [0.3, 0.4) is 0 Å². The standard InChI is InChI=1S/C26H24FN3O3/c1-29(16-18-9-11-19(27)12-10-18)26(31)23-17-30(20-7-5-4-6-8-20)28-25(23)22-14-13-21(32-2)15-24(22)33-3/h4-15,17H,16H2,1-3H3. The molecule has 3 aromatic carbocycles. The number of hydrogen-bond donors (Lipinski definition) is 0. The van der Waals surface area contributed by atoms with Gasteiger partial charge in [0.15, 0.2) is 0 Å². The van der Waals surface area contributed by atoms with E-state index in [1.54, 1.807) is 61.3 Å². The molecular weight excluding hydrogens is 421 g/mol. The number of benzene rings is 3. The van der Waals surface area contributed by atoms with E-state index in [1.807, 2.05) is 36.4 Å². The number of hydrogen-bond acceptors (Lipinski definition) is 4. The molecule has 0 N–H and O–H groups in total. The molecule has 33 heavy (non-hydrogen) atoms. The zero-order valence-corrected chi connectivity index (χ0v) is 18.7. The molecule has 4 aromatic rings. The van der Waals surface area contributed by atoms with Crippen LogP contribution in [0.4, 0.5) is 4.39 Å². The van der Waals surface area contributed by atoms with Crippen LogP contribution >= 0.6 is 0 Å². The van der Waals surface area contributed by atoms with Crippen LogP contribution in [0.25, 0.3) is 16.9 Å². The average molecular weight is 445 g/mol. The highest BCUT2D eigenvalue weighted by molar-refractivity contribution is 6.00. The minimum absolute atomic E-state index is 0.214. The summed E-state index contributed by atoms with van der Waals surface area (Å²) in [6.45, 7) is 0.328. The Kier molecular flexibility index (Phi) is 6.40. The van der Waals surface area contributed by atoms with Gasteiger partial charge in [-0.1, -0.05) is 30.3 Å². The molecule has 7 heteroatoms. The van der Waals surface area contributed by atoms with Crippen molar-refractivity contribution in [2.24, 2.45) is 0 Å². The van der Waals surface area contributed by atoms with Gasteiger partial charge in [-0.05, 0) is 42.0 Å². The zero-order chi connectivity index (χ0) is 23.4. The second kappa shape index (κ2) is 9.56. The molecule has 168 valence electrons. The molecular formula is C26H24FN3O3. The summed E-state index contributed by atoms with van der Waals surface area (Å²) in [4.78, 5) is 15.1. The molecule has 0 radical (unpaired) electrons. The Balaban J connectivity index is 1.77. The summed E-state index contributed by atoms with van der Waals surface area (Å²) in [6, 6.07) is 21.1. The molecule has 0 spiro atoms. The van der Waals surface area contributed by atoms with Crippen molar-refractivity contribution in [1.82, 2.24) is 14.7 Å². The minimum Gasteiger partial charge on any atom is -0.497 e. The summed E-state index contributed by atoms with van der Waals surface area (Å²) < 4.78 is 25.8. The van der Waals surface area contributed by atoms with E-state index in [1.165, 1.54) is 12.1 Å². The fourth-order valence-electron chi connectivity index (χ4n) is 3.58. The molecule has 1 heterocycles. The molecule has 6 nitrogen and oxygen atoms in total. The predicted octanol–water partition coefficient (Wildman–Crippen LogP) is 4.97. The molecule has 0 aliphatic heterocycles. The van der Waals surface area contributed by atoms with E-state index >= 15 is 0 Å². The van der Waals surface area contributed by atoms with Crippen molar-refractivity contribution in [3.05, 3.63) is 95.9 Å². The second-order valence-electron chi connectivity index (χ2n) is 7.53. The Labute approximate surface area is 191 Å². The Bertz CT molecular complexity index is 1250. The van der Waals surface area contributed by atoms with Crippen molar-refractivity contribution in [2.45, 2.75) is 6.54 Å². The third-order valence-electron chi connectivity index (χ3n) is 5.31. The van der Waals surface area contributed by atoms with E-state index in [9.17, 15) is 9.18 Å². The lowest BCUT2D eigenvalue weighted by molar-refractivity contribution is 0.0786. The lowest BCUT2D eigenvalue weighted by atomic mass is 10.1. The third kappa shape index (κ3) is 4.72. The van der Waals surface area contributed by atoms with Gasteiger partial charge in [-0.15, -0.1) is 0 Å². The fourth-order valence-corrected chi connectivity index (χ4v) is 3.58. The van der Waals surface area contributed by atoms with E-state index in [0.717, 1.165) is 11.3 Å². The quantitative estimate of drug-likeness (QED) is 0.403. The van der Waals surface area contributed by atoms with Crippen LogP contribution in [0.5, 0.6) is 11.5 Å². The molecule has 0 saturated heterocycles. The molecule has 0 aliphatic carbocycles. The molecule has 0 fully saturated rings. The van der Waals surface area contributed by atoms with Crippen molar-refractivity contribution in [2.75, 3.05) is 21.3 Å². The summed E-state index contributed by atoms with van der Waals surface area (Å²) in [5.74, 6) is 0.655. The summed E-state index contributed by atoms with van der Waals surface area (Å²) in [5, 5.41) is 4.74. The molecule has 0 atom stereocenters. The van der Waals surface area contributed by atoms with Gasteiger partial charge in [-0.25, -0.2) is 9.07 Å². The molecule has 1 amide bonds. The number of carbonyl (C=O) groups excluding carboxylic acids is 1. The maximum Gasteiger partial charge on any atom is 0.257 e. The zero-order valence-electron chi connectivity index (χ0n) is 18.7. The van der Waals surface area contributed by atoms with Gasteiger partial charge in [0.1, 0.15) is 23.0 Å². The van der Waals surface area contributed by atoms with Crippen LogP contribution in [0.1, 0.15) is 15.9 Å². The van der Waals surface area contributed by atoms with Crippen molar-refractivity contribution in [1.29, 1.82) is 0 Å². The van der Waals surface area contributed by atoms with Gasteiger partial charge < -0.3 is 14.4 Å². The van der Waals surface area contributed by atoms with E-state index in [4.69, 9.17) is 14.6 Å². The Morgan fingerprint density at radius 2 is 1.73 bits per heavy atom. The first-order valence-corrected chi connectivity index (χ1v) is 10.4. The number of nitrogens with zero attached hydrogens (tertiary/aromatic N) is 3. The maximum absolute atomic E-state index is 13.5. The smallest absolute Gasteiger partial charge is 0.257 e. The SMILES string of the molecule is COc1ccc(-c2nn(-c3ccccc3)cc2C(=O)N(C)Cc2ccc(F)cc2)c(OC)c1. The number of para-hydroxylation sites is 1. The number of aromatic nitrogens is 2. The van der Waals surface area contributed by atoms with Gasteiger partial charge in [-0.2, -0.15) is 5.10 Å². The van der Waals surface area contributed by atoms with Crippen LogP contribution in [-0.2, 0) is 6.54 Å². The number of methoxy groups -OCH3 is 2. The lowest BCUT2D eigenvalue weighted by Crippen LogP contribution is -2.26. The fraction of sp³-hybridized carbons (Fsp3) is 0.154. The maximum atomic E-state index is 13.5. The Hall–Kier alpha value is -4.13. The van der Waals surface area contributed by atoms with Gasteiger partial charge in [0.05, 0.1) is 25.5 Å². The first-order chi connectivity index (χ1) is 16.0. The highest BCUT2D eigenvalue weighted by atomic mass is 19.1. The van der Waals surface area contributed by atoms with Crippen LogP contribution in [0, 0.1) is 5.82 Å². The normalized spacial score (nSPS) is 10.7. The summed E-state index contributed by atoms with van der Waals surface area (Å²) in [7, 11) is 4.85. The van der Waals surface area contributed by atoms with Crippen LogP contribution in [0.15, 0.2) is 79.0 Å². The van der Waals surface area contributed by atoms with Crippen molar-refractivity contribution >= 4 is 5.91 Å². The van der Waals surface area contributed by atoms with E-state index in [-0.39, 0.29) is 11.7 Å². The first-order valence-electron chi connectivity index (χ1n) is 10.4. The van der Waals surface area contributed by atoms with Gasteiger partial charge in [-0.3, -0.25) is 4.79 Å². The Morgan fingerprint density at radius 1 is 1.00 bits per heavy atom. The van der Waals surface area contributed by atoms with E-state index < -0.39 is 0 Å². The number of carbonyl (C=O) groups is 1. The number of amides is 1. The highest BCUT2D eigenvalue weighted by Gasteiger charge is 2.24. The number of rotatable bonds is 7. The Morgan fingerprint density at radius 3 is 2.39 bits per heavy atom. The monoisotopic (exact) mass is 445 g/mol. The number of halogens is 1. The molecule has 0 aliphatic rings. The summed E-state index contributed by atoms with van der Waals surface area (Å²) >= 11 is 0. The van der Waals surface area contributed by atoms with Crippen molar-refractivity contribution < 1.29 is 18.7 Å². The van der Waals surface area contributed by atoms with E-state index in [0.29, 0.717) is 34.9 Å². The summed E-state index contributed by atoms with van der Waals surface area (Å²) in [5.41, 5.74) is 3.24. The molecule has 1 aromatic heterocycles. The molecule has 0 bridgehead atoms. The van der Waals surface area contributed by atoms with Crippen molar-refractivity contribution in [3.8, 4) is 28.4 Å². The third-order valence-corrected chi connectivity index (χ3v) is 5.31. The second-order valence-corrected chi connectivity index (χ2v) is 7.53. The highest BCUT2D eigenvalue weighted by Crippen LogP contribution is 2.35. The van der Waals surface area contributed by atoms with Gasteiger partial charge >= 0.3 is 0 Å². The van der Waals surface area contributed by atoms with Gasteiger partial charge in [0.2, 0.25) is 0 Å². The first kappa shape index (κ1) is 22.1. The average Bonchev–Trinajstić information content (AvgIpc) is 3.30. The largest absolute Gasteiger partial charge is 0.497 e. The van der Waals surface area contributed by atoms with Crippen LogP contribution in [-0.4, -0.2) is 41.9 Å². The molecule has 0 unspecified atom stereocenters. The lowest BCUT2D eigenvalue weighted by Gasteiger charge is -2.17.